The van der Waals surface area contributed by atoms with Crippen LogP contribution in [0.2, 0.25) is 0 Å². The highest BCUT2D eigenvalue weighted by Crippen LogP contribution is 2.30. The van der Waals surface area contributed by atoms with Crippen molar-refractivity contribution in [3.05, 3.63) is 34.1 Å². The zero-order valence-electron chi connectivity index (χ0n) is 10.6. The van der Waals surface area contributed by atoms with E-state index in [0.717, 1.165) is 19.3 Å². The molecule has 1 aliphatic rings. The summed E-state index contributed by atoms with van der Waals surface area (Å²) in [5.74, 6) is 0.670. The summed E-state index contributed by atoms with van der Waals surface area (Å²) in [6, 6.07) is 4.91. The number of carbonyl (C=O) groups is 1. The SMILES string of the molecule is CC1CCCC(C(=O)Cc2ccc(Br)cc2F)C1. The molecule has 0 spiro atoms. The summed E-state index contributed by atoms with van der Waals surface area (Å²) in [5.41, 5.74) is 0.515. The Morgan fingerprint density at radius 1 is 1.44 bits per heavy atom. The van der Waals surface area contributed by atoms with Crippen molar-refractivity contribution >= 4 is 21.7 Å². The number of halogens is 2. The molecule has 0 aromatic heterocycles. The van der Waals surface area contributed by atoms with Crippen LogP contribution >= 0.6 is 15.9 Å². The second kappa shape index (κ2) is 5.96. The van der Waals surface area contributed by atoms with Crippen molar-refractivity contribution < 1.29 is 9.18 Å². The summed E-state index contributed by atoms with van der Waals surface area (Å²) in [5, 5.41) is 0. The third kappa shape index (κ3) is 3.41. The lowest BCUT2D eigenvalue weighted by atomic mass is 9.79. The molecule has 0 N–H and O–H groups in total. The first-order valence-electron chi connectivity index (χ1n) is 6.53. The highest BCUT2D eigenvalue weighted by molar-refractivity contribution is 9.10. The normalized spacial score (nSPS) is 23.9. The van der Waals surface area contributed by atoms with Crippen LogP contribution in [0.1, 0.15) is 38.2 Å². The molecule has 98 valence electrons. The van der Waals surface area contributed by atoms with Crippen molar-refractivity contribution in [2.45, 2.75) is 39.0 Å². The van der Waals surface area contributed by atoms with Crippen molar-refractivity contribution in [1.29, 1.82) is 0 Å². The summed E-state index contributed by atoms with van der Waals surface area (Å²) in [7, 11) is 0. The molecule has 0 saturated heterocycles. The minimum absolute atomic E-state index is 0.136. The molecule has 1 nitrogen and oxygen atoms in total. The molecule has 1 aliphatic carbocycles. The Hall–Kier alpha value is -0.700. The second-order valence-corrected chi connectivity index (χ2v) is 6.26. The number of ketones is 1. The van der Waals surface area contributed by atoms with Crippen molar-refractivity contribution in [1.82, 2.24) is 0 Å². The predicted octanol–water partition coefficient (Wildman–Crippen LogP) is 4.53. The Labute approximate surface area is 116 Å². The molecule has 2 rings (SSSR count). The number of hydrogen-bond donors (Lipinski definition) is 0. The average molecular weight is 313 g/mol. The van der Waals surface area contributed by atoms with Gasteiger partial charge in [0.15, 0.2) is 0 Å². The van der Waals surface area contributed by atoms with Crippen LogP contribution in [0.5, 0.6) is 0 Å². The Morgan fingerprint density at radius 2 is 2.22 bits per heavy atom. The van der Waals surface area contributed by atoms with Crippen molar-refractivity contribution in [3.63, 3.8) is 0 Å². The van der Waals surface area contributed by atoms with Crippen molar-refractivity contribution in [2.24, 2.45) is 11.8 Å². The monoisotopic (exact) mass is 312 g/mol. The van der Waals surface area contributed by atoms with Gasteiger partial charge in [-0.1, -0.05) is 41.8 Å². The standard InChI is InChI=1S/C15H18BrFO/c1-10-3-2-4-12(7-10)15(18)8-11-5-6-13(16)9-14(11)17/h5-6,9-10,12H,2-4,7-8H2,1H3. The maximum absolute atomic E-state index is 13.7. The van der Waals surface area contributed by atoms with Gasteiger partial charge in [-0.2, -0.15) is 0 Å². The molecule has 3 heteroatoms. The Balaban J connectivity index is 2.02. The summed E-state index contributed by atoms with van der Waals surface area (Å²) in [4.78, 5) is 12.2. The van der Waals surface area contributed by atoms with Gasteiger partial charge in [0.05, 0.1) is 0 Å². The molecule has 0 bridgehead atoms. The molecule has 0 radical (unpaired) electrons. The molecule has 2 atom stereocenters. The summed E-state index contributed by atoms with van der Waals surface area (Å²) < 4.78 is 14.4. The Morgan fingerprint density at radius 3 is 2.89 bits per heavy atom. The predicted molar refractivity (Wildman–Crippen MR) is 73.9 cm³/mol. The zero-order valence-corrected chi connectivity index (χ0v) is 12.2. The quantitative estimate of drug-likeness (QED) is 0.801. The summed E-state index contributed by atoms with van der Waals surface area (Å²) in [6.45, 7) is 2.19. The van der Waals surface area contributed by atoms with Gasteiger partial charge in [-0.15, -0.1) is 0 Å². The summed E-state index contributed by atoms with van der Waals surface area (Å²) in [6.07, 6.45) is 4.52. The molecular formula is C15H18BrFO. The smallest absolute Gasteiger partial charge is 0.140 e. The fourth-order valence-electron chi connectivity index (χ4n) is 2.72. The molecule has 1 saturated carbocycles. The van der Waals surface area contributed by atoms with E-state index < -0.39 is 0 Å². The third-order valence-electron chi connectivity index (χ3n) is 3.77. The highest BCUT2D eigenvalue weighted by Gasteiger charge is 2.25. The van der Waals surface area contributed by atoms with Crippen LogP contribution in [0.3, 0.4) is 0 Å². The molecule has 0 heterocycles. The van der Waals surface area contributed by atoms with E-state index in [-0.39, 0.29) is 23.9 Å². The minimum atomic E-state index is -0.290. The Kier molecular flexibility index (Phi) is 4.55. The largest absolute Gasteiger partial charge is 0.299 e. The van der Waals surface area contributed by atoms with Crippen LogP contribution < -0.4 is 0 Å². The van der Waals surface area contributed by atoms with Gasteiger partial charge in [0.2, 0.25) is 0 Å². The maximum Gasteiger partial charge on any atom is 0.140 e. The molecule has 1 aromatic rings. The van der Waals surface area contributed by atoms with Gasteiger partial charge in [-0.05, 0) is 36.5 Å². The van der Waals surface area contributed by atoms with Crippen LogP contribution in [-0.4, -0.2) is 5.78 Å². The lowest BCUT2D eigenvalue weighted by Gasteiger charge is -2.25. The van der Waals surface area contributed by atoms with E-state index in [2.05, 4.69) is 22.9 Å². The van der Waals surface area contributed by atoms with E-state index in [1.54, 1.807) is 12.1 Å². The van der Waals surface area contributed by atoms with E-state index >= 15 is 0 Å². The first kappa shape index (κ1) is 13.7. The highest BCUT2D eigenvalue weighted by atomic mass is 79.9. The fourth-order valence-corrected chi connectivity index (χ4v) is 3.06. The van der Waals surface area contributed by atoms with E-state index in [9.17, 15) is 9.18 Å². The van der Waals surface area contributed by atoms with Gasteiger partial charge in [-0.25, -0.2) is 4.39 Å². The average Bonchev–Trinajstić information content (AvgIpc) is 2.32. The van der Waals surface area contributed by atoms with Gasteiger partial charge < -0.3 is 0 Å². The van der Waals surface area contributed by atoms with E-state index in [0.29, 0.717) is 16.0 Å². The second-order valence-electron chi connectivity index (χ2n) is 5.35. The third-order valence-corrected chi connectivity index (χ3v) is 4.26. The van der Waals surface area contributed by atoms with Gasteiger partial charge in [-0.3, -0.25) is 4.79 Å². The maximum atomic E-state index is 13.7. The van der Waals surface area contributed by atoms with Crippen LogP contribution in [0, 0.1) is 17.7 Å². The summed E-state index contributed by atoms with van der Waals surface area (Å²) >= 11 is 3.22. The number of carbonyl (C=O) groups excluding carboxylic acids is 1. The van der Waals surface area contributed by atoms with Gasteiger partial charge in [0.25, 0.3) is 0 Å². The zero-order chi connectivity index (χ0) is 13.1. The lowest BCUT2D eigenvalue weighted by molar-refractivity contribution is -0.123. The first-order valence-corrected chi connectivity index (χ1v) is 7.32. The molecule has 1 aromatic carbocycles. The van der Waals surface area contributed by atoms with Crippen LogP contribution in [0.4, 0.5) is 4.39 Å². The lowest BCUT2D eigenvalue weighted by Crippen LogP contribution is -2.23. The van der Waals surface area contributed by atoms with Crippen LogP contribution in [0.25, 0.3) is 0 Å². The van der Waals surface area contributed by atoms with E-state index in [4.69, 9.17) is 0 Å². The Bertz CT molecular complexity index is 444. The number of rotatable bonds is 3. The van der Waals surface area contributed by atoms with Crippen molar-refractivity contribution in [2.75, 3.05) is 0 Å². The fraction of sp³-hybridized carbons (Fsp3) is 0.533. The van der Waals surface area contributed by atoms with Crippen molar-refractivity contribution in [3.8, 4) is 0 Å². The first-order chi connectivity index (χ1) is 8.56. The topological polar surface area (TPSA) is 17.1 Å². The molecule has 0 aliphatic heterocycles. The van der Waals surface area contributed by atoms with Gasteiger partial charge in [0, 0.05) is 16.8 Å². The molecule has 1 fully saturated rings. The molecular weight excluding hydrogens is 295 g/mol. The van der Waals surface area contributed by atoms with Crippen LogP contribution in [0.15, 0.2) is 22.7 Å². The molecule has 2 unspecified atom stereocenters. The van der Waals surface area contributed by atoms with Gasteiger partial charge in [0.1, 0.15) is 11.6 Å². The van der Waals surface area contributed by atoms with E-state index in [1.807, 2.05) is 0 Å². The molecule has 18 heavy (non-hydrogen) atoms. The van der Waals surface area contributed by atoms with Gasteiger partial charge >= 0.3 is 0 Å². The molecule has 0 amide bonds. The number of hydrogen-bond acceptors (Lipinski definition) is 1. The minimum Gasteiger partial charge on any atom is -0.299 e. The number of benzene rings is 1. The number of Topliss-reactive ketones (excluding diaryl/α,β-unsaturated/α-hetero) is 1. The van der Waals surface area contributed by atoms with Crippen LogP contribution in [-0.2, 0) is 11.2 Å². The van der Waals surface area contributed by atoms with E-state index in [1.165, 1.54) is 12.5 Å².